The molecule has 0 aromatic heterocycles. The number of nitrogens with one attached hydrogen (secondary N) is 1. The van der Waals surface area contributed by atoms with Crippen LogP contribution in [0.1, 0.15) is 13.3 Å². The molecule has 0 radical (unpaired) electrons. The topological polar surface area (TPSA) is 104 Å². The molecule has 0 saturated heterocycles. The molecule has 7 heteroatoms. The summed E-state index contributed by atoms with van der Waals surface area (Å²) in [5.41, 5.74) is -0.748. The number of rotatable bonds is 7. The molecule has 1 amide bonds. The monoisotopic (exact) mass is 248 g/mol. The van der Waals surface area contributed by atoms with E-state index in [2.05, 4.69) is 5.32 Å². The quantitative estimate of drug-likeness (QED) is 0.444. The summed E-state index contributed by atoms with van der Waals surface area (Å²) >= 11 is 0. The zero-order valence-electron chi connectivity index (χ0n) is 8.92. The average molecular weight is 248 g/mol. The van der Waals surface area contributed by atoms with E-state index in [9.17, 15) is 14.2 Å². The highest BCUT2D eigenvalue weighted by atomic mass is 31.1. The third kappa shape index (κ3) is 6.27. The molecule has 0 fully saturated rings. The van der Waals surface area contributed by atoms with E-state index in [1.54, 1.807) is 6.92 Å². The first-order chi connectivity index (χ1) is 7.51. The Balaban J connectivity index is 4.49. The Kier molecular flexibility index (Phi) is 7.33. The van der Waals surface area contributed by atoms with Gasteiger partial charge in [0, 0.05) is 12.6 Å². The molecule has 0 rings (SSSR count). The number of carboxylic acids is 1. The molecule has 3 N–H and O–H groups in total. The van der Waals surface area contributed by atoms with E-state index in [1.807, 2.05) is 0 Å². The number of aliphatic carboxylic acids is 1. The summed E-state index contributed by atoms with van der Waals surface area (Å²) < 4.78 is 11.3. The summed E-state index contributed by atoms with van der Waals surface area (Å²) in [5.74, 6) is -1.50. The van der Waals surface area contributed by atoms with Gasteiger partial charge < -0.3 is 15.5 Å². The lowest BCUT2D eigenvalue weighted by molar-refractivity contribution is -0.131. The minimum atomic E-state index is -2.02. The van der Waals surface area contributed by atoms with E-state index in [0.717, 1.165) is 6.08 Å². The lowest BCUT2D eigenvalue weighted by atomic mass is 10.2. The number of carboxylic acid groups (broad SMARTS) is 1. The maximum atomic E-state index is 11.3. The van der Waals surface area contributed by atoms with Crippen molar-refractivity contribution in [2.75, 3.05) is 12.9 Å². The Morgan fingerprint density at radius 1 is 1.50 bits per heavy atom. The van der Waals surface area contributed by atoms with Crippen LogP contribution in [0.4, 0.5) is 0 Å². The van der Waals surface area contributed by atoms with Crippen LogP contribution in [0.3, 0.4) is 0 Å². The second-order valence-electron chi connectivity index (χ2n) is 2.98. The molecular formula is C9H15NO5P+. The van der Waals surface area contributed by atoms with Crippen LogP contribution in [0.15, 0.2) is 12.2 Å². The van der Waals surface area contributed by atoms with Crippen LogP contribution in [-0.4, -0.2) is 40.6 Å². The largest absolute Gasteiger partial charge is 0.478 e. The maximum absolute atomic E-state index is 11.3. The van der Waals surface area contributed by atoms with Crippen LogP contribution in [-0.2, 0) is 14.2 Å². The van der Waals surface area contributed by atoms with Crippen molar-refractivity contribution in [2.45, 2.75) is 19.0 Å². The van der Waals surface area contributed by atoms with Crippen LogP contribution in [0.25, 0.3) is 0 Å². The van der Waals surface area contributed by atoms with E-state index in [1.165, 1.54) is 6.08 Å². The molecule has 0 aromatic rings. The highest BCUT2D eigenvalue weighted by molar-refractivity contribution is 7.45. The van der Waals surface area contributed by atoms with Gasteiger partial charge in [-0.05, 0) is 13.0 Å². The third-order valence-corrected chi connectivity index (χ3v) is 3.11. The fraction of sp³-hybridized carbons (Fsp3) is 0.556. The molecule has 0 bridgehead atoms. The molecule has 0 heterocycles. The van der Waals surface area contributed by atoms with Gasteiger partial charge in [-0.25, -0.2) is 4.79 Å². The minimum Gasteiger partial charge on any atom is -0.478 e. The second kappa shape index (κ2) is 7.96. The number of aliphatic hydroxyl groups is 1. The lowest BCUT2D eigenvalue weighted by Gasteiger charge is -2.02. The van der Waals surface area contributed by atoms with Crippen LogP contribution >= 0.6 is 7.80 Å². The molecule has 2 unspecified atom stereocenters. The highest BCUT2D eigenvalue weighted by Gasteiger charge is 2.29. The first-order valence-corrected chi connectivity index (χ1v) is 6.25. The van der Waals surface area contributed by atoms with Gasteiger partial charge in [0.15, 0.2) is 5.66 Å². The van der Waals surface area contributed by atoms with Gasteiger partial charge in [-0.2, -0.15) is 0 Å². The Morgan fingerprint density at radius 3 is 2.56 bits per heavy atom. The van der Waals surface area contributed by atoms with E-state index in [4.69, 9.17) is 10.2 Å². The number of carbonyl (C=O) groups is 2. The number of aliphatic hydroxyl groups excluding tert-OH is 1. The number of hydrogen-bond acceptors (Lipinski definition) is 4. The standard InChI is InChI=1S/C9H14NO5P/c1-2-10-8(12)5-7(16(15)6-11)3-4-9(13)14/h3-4,7,11H,2,5-6H2,1H3,(H-,10,12,13,14)/p+1/b4-3-. The van der Waals surface area contributed by atoms with Gasteiger partial charge >= 0.3 is 13.8 Å². The highest BCUT2D eigenvalue weighted by Crippen LogP contribution is 2.30. The third-order valence-electron chi connectivity index (χ3n) is 1.74. The molecule has 0 aromatic carbocycles. The minimum absolute atomic E-state index is 0.0899. The van der Waals surface area contributed by atoms with Gasteiger partial charge in [0.1, 0.15) is 0 Å². The Labute approximate surface area is 94.1 Å². The number of amides is 1. The van der Waals surface area contributed by atoms with E-state index >= 15 is 0 Å². The number of hydrogen-bond donors (Lipinski definition) is 3. The lowest BCUT2D eigenvalue weighted by Crippen LogP contribution is -2.25. The first kappa shape index (κ1) is 14.7. The Morgan fingerprint density at radius 2 is 2.12 bits per heavy atom. The van der Waals surface area contributed by atoms with Crippen LogP contribution in [0, 0.1) is 0 Å². The van der Waals surface area contributed by atoms with Crippen LogP contribution < -0.4 is 5.32 Å². The van der Waals surface area contributed by atoms with Crippen molar-refractivity contribution >= 4 is 19.7 Å². The van der Waals surface area contributed by atoms with E-state index in [0.29, 0.717) is 6.54 Å². The molecule has 6 nitrogen and oxygen atoms in total. The molecule has 0 aliphatic heterocycles. The molecule has 2 atom stereocenters. The molecule has 0 saturated carbocycles. The zero-order valence-corrected chi connectivity index (χ0v) is 9.81. The van der Waals surface area contributed by atoms with Gasteiger partial charge in [0.05, 0.1) is 6.42 Å². The second-order valence-corrected chi connectivity index (χ2v) is 4.76. The van der Waals surface area contributed by atoms with Crippen molar-refractivity contribution in [3.8, 4) is 0 Å². The molecule has 16 heavy (non-hydrogen) atoms. The maximum Gasteiger partial charge on any atom is 0.374 e. The van der Waals surface area contributed by atoms with E-state index in [-0.39, 0.29) is 12.3 Å². The first-order valence-electron chi connectivity index (χ1n) is 4.73. The summed E-state index contributed by atoms with van der Waals surface area (Å²) in [6.45, 7) is 2.19. The summed E-state index contributed by atoms with van der Waals surface area (Å²) in [4.78, 5) is 21.5. The Bertz CT molecular complexity index is 302. The summed E-state index contributed by atoms with van der Waals surface area (Å²) in [7, 11) is -2.02. The Hall–Kier alpha value is -1.26. The van der Waals surface area contributed by atoms with Crippen molar-refractivity contribution in [3.05, 3.63) is 12.2 Å². The van der Waals surface area contributed by atoms with Crippen LogP contribution in [0.5, 0.6) is 0 Å². The summed E-state index contributed by atoms with van der Waals surface area (Å²) in [6, 6.07) is 0. The van der Waals surface area contributed by atoms with Crippen molar-refractivity contribution in [3.63, 3.8) is 0 Å². The van der Waals surface area contributed by atoms with Crippen molar-refractivity contribution in [1.29, 1.82) is 0 Å². The van der Waals surface area contributed by atoms with E-state index < -0.39 is 25.8 Å². The zero-order chi connectivity index (χ0) is 12.6. The average Bonchev–Trinajstić information content (AvgIpc) is 2.23. The van der Waals surface area contributed by atoms with Crippen molar-refractivity contribution in [2.24, 2.45) is 0 Å². The smallest absolute Gasteiger partial charge is 0.374 e. The van der Waals surface area contributed by atoms with Gasteiger partial charge in [-0.3, -0.25) is 4.79 Å². The van der Waals surface area contributed by atoms with Gasteiger partial charge in [-0.1, -0.05) is 4.57 Å². The van der Waals surface area contributed by atoms with Crippen molar-refractivity contribution in [1.82, 2.24) is 5.32 Å². The fourth-order valence-electron chi connectivity index (χ4n) is 1.02. The summed E-state index contributed by atoms with van der Waals surface area (Å²) in [6.07, 6.45) is 1.34. The number of allylic oxidation sites excluding steroid dienone is 1. The fourth-order valence-corrected chi connectivity index (χ4v) is 1.88. The van der Waals surface area contributed by atoms with Gasteiger partial charge in [0.2, 0.25) is 12.3 Å². The predicted molar refractivity (Wildman–Crippen MR) is 58.6 cm³/mol. The molecule has 0 aliphatic rings. The van der Waals surface area contributed by atoms with Gasteiger partial charge in [-0.15, -0.1) is 0 Å². The molecule has 0 spiro atoms. The molecule has 90 valence electrons. The molecular weight excluding hydrogens is 233 g/mol. The SMILES string of the molecule is CCNC(=O)CC(/C=C\C(=O)O)[P+](=O)CO. The number of carbonyl (C=O) groups excluding carboxylic acids is 1. The predicted octanol–water partition coefficient (Wildman–Crippen LogP) is 0.299. The van der Waals surface area contributed by atoms with Crippen LogP contribution in [0.2, 0.25) is 0 Å². The summed E-state index contributed by atoms with van der Waals surface area (Å²) in [5, 5.41) is 19.6. The van der Waals surface area contributed by atoms with Gasteiger partial charge in [0.25, 0.3) is 0 Å². The van der Waals surface area contributed by atoms with Crippen molar-refractivity contribution < 1.29 is 24.4 Å². The molecule has 0 aliphatic carbocycles. The normalized spacial score (nSPS) is 13.5.